The lowest BCUT2D eigenvalue weighted by atomic mass is 10.6. The zero-order chi connectivity index (χ0) is 13.5. The van der Waals surface area contributed by atoms with Gasteiger partial charge in [-0.3, -0.25) is 0 Å². The number of hydrogen-bond acceptors (Lipinski definition) is 3. The second-order valence-electron chi connectivity index (χ2n) is 4.98. The van der Waals surface area contributed by atoms with Crippen LogP contribution in [0.2, 0.25) is 45.3 Å². The zero-order valence-electron chi connectivity index (χ0n) is 12.0. The van der Waals surface area contributed by atoms with Crippen LogP contribution < -0.4 is 0 Å². The average molecular weight is 331 g/mol. The minimum atomic E-state index is -2.40. The molecule has 0 N–H and O–H groups in total. The molecular formula is C9H27ClO3Si4. The van der Waals surface area contributed by atoms with E-state index < -0.39 is 35.9 Å². The highest BCUT2D eigenvalue weighted by molar-refractivity contribution is 6.80. The van der Waals surface area contributed by atoms with Gasteiger partial charge in [0.2, 0.25) is 0 Å². The van der Waals surface area contributed by atoms with Gasteiger partial charge in [-0.1, -0.05) is 0 Å². The van der Waals surface area contributed by atoms with Gasteiger partial charge in [-0.05, 0) is 45.7 Å². The van der Waals surface area contributed by atoms with E-state index in [1.54, 1.807) is 0 Å². The number of hydrogen-bond donors (Lipinski definition) is 0. The summed E-state index contributed by atoms with van der Waals surface area (Å²) in [6.07, 6.45) is 0.928. The lowest BCUT2D eigenvalue weighted by molar-refractivity contribution is 0.267. The van der Waals surface area contributed by atoms with E-state index in [0.717, 1.165) is 12.5 Å². The molecule has 0 amide bonds. The van der Waals surface area contributed by atoms with E-state index in [1.807, 2.05) is 0 Å². The van der Waals surface area contributed by atoms with Crippen molar-refractivity contribution in [2.45, 2.75) is 51.7 Å². The van der Waals surface area contributed by atoms with Gasteiger partial charge >= 0.3 is 8.80 Å². The summed E-state index contributed by atoms with van der Waals surface area (Å²) in [6, 6.07) is 0.887. The molecule has 0 aliphatic rings. The van der Waals surface area contributed by atoms with Gasteiger partial charge in [0.05, 0.1) is 0 Å². The lowest BCUT2D eigenvalue weighted by Gasteiger charge is -2.35. The molecule has 0 spiro atoms. The Labute approximate surface area is 117 Å². The molecule has 8 heteroatoms. The van der Waals surface area contributed by atoms with Crippen molar-refractivity contribution in [1.82, 2.24) is 0 Å². The predicted molar refractivity (Wildman–Crippen MR) is 85.8 cm³/mol. The molecule has 0 unspecified atom stereocenters. The van der Waals surface area contributed by atoms with Crippen LogP contribution in [-0.2, 0) is 12.3 Å². The molecule has 104 valence electrons. The van der Waals surface area contributed by atoms with Crippen LogP contribution in [-0.4, -0.2) is 41.8 Å². The summed E-state index contributed by atoms with van der Waals surface area (Å²) in [5.41, 5.74) is 0. The van der Waals surface area contributed by atoms with Crippen LogP contribution in [0.1, 0.15) is 6.42 Å². The molecule has 0 aromatic rings. The predicted octanol–water partition coefficient (Wildman–Crippen LogP) is 2.55. The van der Waals surface area contributed by atoms with Crippen LogP contribution in [0.5, 0.6) is 0 Å². The smallest absolute Gasteiger partial charge is 0.420 e. The van der Waals surface area contributed by atoms with Gasteiger partial charge in [0.15, 0.2) is 27.1 Å². The van der Waals surface area contributed by atoms with Gasteiger partial charge in [0.25, 0.3) is 0 Å². The van der Waals surface area contributed by atoms with Gasteiger partial charge in [0.1, 0.15) is 0 Å². The largest absolute Gasteiger partial charge is 0.468 e. The van der Waals surface area contributed by atoms with E-state index in [1.165, 1.54) is 0 Å². The Kier molecular flexibility index (Phi) is 9.57. The Morgan fingerprint density at radius 2 is 1.18 bits per heavy atom. The monoisotopic (exact) mass is 330 g/mol. The van der Waals surface area contributed by atoms with Crippen molar-refractivity contribution in [3.63, 3.8) is 0 Å². The van der Waals surface area contributed by atoms with Crippen molar-refractivity contribution in [3.05, 3.63) is 0 Å². The van der Waals surface area contributed by atoms with Crippen LogP contribution >= 0.6 is 11.6 Å². The van der Waals surface area contributed by atoms with Crippen LogP contribution in [0.4, 0.5) is 0 Å². The Balaban J connectivity index is 4.76. The first kappa shape index (κ1) is 18.0. The van der Waals surface area contributed by atoms with Crippen molar-refractivity contribution in [1.29, 1.82) is 0 Å². The van der Waals surface area contributed by atoms with Gasteiger partial charge in [-0.25, -0.2) is 0 Å². The molecule has 3 nitrogen and oxygen atoms in total. The fourth-order valence-electron chi connectivity index (χ4n) is 1.62. The molecule has 0 aromatic heterocycles. The lowest BCUT2D eigenvalue weighted by Crippen LogP contribution is -2.53. The third-order valence-corrected chi connectivity index (χ3v) is 13.1. The maximum Gasteiger partial charge on any atom is 0.468 e. The SMILES string of the molecule is C[SiH](C)O[Si](CCCCl)(O[SiH](C)C)O[SiH](C)C. The molecule has 0 atom stereocenters. The third kappa shape index (κ3) is 8.71. The fourth-order valence-corrected chi connectivity index (χ4v) is 14.8. The summed E-state index contributed by atoms with van der Waals surface area (Å²) < 4.78 is 18.6. The first-order chi connectivity index (χ1) is 7.81. The fraction of sp³-hybridized carbons (Fsp3) is 1.00. The first-order valence-corrected chi connectivity index (χ1v) is 17.2. The number of halogens is 1. The van der Waals surface area contributed by atoms with Crippen LogP contribution in [0, 0.1) is 0 Å². The van der Waals surface area contributed by atoms with Gasteiger partial charge in [-0.2, -0.15) is 0 Å². The molecule has 0 radical (unpaired) electrons. The summed E-state index contributed by atoms with van der Waals surface area (Å²) in [5, 5.41) is 0. The summed E-state index contributed by atoms with van der Waals surface area (Å²) in [5.74, 6) is 0.657. The number of alkyl halides is 1. The molecule has 0 aliphatic carbocycles. The summed E-state index contributed by atoms with van der Waals surface area (Å²) in [6.45, 7) is 13.1. The van der Waals surface area contributed by atoms with Gasteiger partial charge in [0, 0.05) is 11.9 Å². The van der Waals surface area contributed by atoms with Crippen LogP contribution in [0.3, 0.4) is 0 Å². The Hall–Kier alpha value is 1.04. The molecular weight excluding hydrogens is 304 g/mol. The van der Waals surface area contributed by atoms with E-state index in [2.05, 4.69) is 39.3 Å². The molecule has 0 aliphatic heterocycles. The van der Waals surface area contributed by atoms with Gasteiger partial charge < -0.3 is 12.3 Å². The second kappa shape index (κ2) is 9.02. The molecule has 0 fully saturated rings. The van der Waals surface area contributed by atoms with Crippen molar-refractivity contribution < 1.29 is 12.3 Å². The minimum Gasteiger partial charge on any atom is -0.420 e. The average Bonchev–Trinajstić information content (AvgIpc) is 2.11. The molecule has 0 bridgehead atoms. The maximum absolute atomic E-state index is 6.21. The highest BCUT2D eigenvalue weighted by Crippen LogP contribution is 2.21. The first-order valence-electron chi connectivity index (χ1n) is 6.40. The minimum absolute atomic E-state index is 0.657. The highest BCUT2D eigenvalue weighted by Gasteiger charge is 2.42. The highest BCUT2D eigenvalue weighted by atomic mass is 35.5. The summed E-state index contributed by atoms with van der Waals surface area (Å²) in [4.78, 5) is 0. The van der Waals surface area contributed by atoms with Crippen molar-refractivity contribution in [2.24, 2.45) is 0 Å². The quantitative estimate of drug-likeness (QED) is 0.480. The van der Waals surface area contributed by atoms with Crippen LogP contribution in [0.25, 0.3) is 0 Å². The van der Waals surface area contributed by atoms with E-state index in [-0.39, 0.29) is 0 Å². The maximum atomic E-state index is 6.21. The van der Waals surface area contributed by atoms with E-state index >= 15 is 0 Å². The van der Waals surface area contributed by atoms with E-state index in [4.69, 9.17) is 23.9 Å². The van der Waals surface area contributed by atoms with E-state index in [9.17, 15) is 0 Å². The zero-order valence-corrected chi connectivity index (χ0v) is 17.2. The molecule has 0 rings (SSSR count). The Bertz CT molecular complexity index is 178. The topological polar surface area (TPSA) is 27.7 Å². The number of rotatable bonds is 9. The molecule has 0 heterocycles. The summed E-state index contributed by atoms with van der Waals surface area (Å²) in [7, 11) is -5.83. The molecule has 17 heavy (non-hydrogen) atoms. The standard InChI is InChI=1S/C9H27ClO3Si4/c1-14(2)11-17(9-7-8-10,12-15(3)4)13-16(5)6/h14-16H,7-9H2,1-6H3. The normalized spacial score (nSPS) is 13.1. The van der Waals surface area contributed by atoms with Gasteiger partial charge in [-0.15, -0.1) is 11.6 Å². The van der Waals surface area contributed by atoms with Crippen LogP contribution in [0.15, 0.2) is 0 Å². The second-order valence-corrected chi connectivity index (χ2v) is 16.3. The summed E-state index contributed by atoms with van der Waals surface area (Å²) >= 11 is 5.81. The van der Waals surface area contributed by atoms with E-state index in [0.29, 0.717) is 5.88 Å². The third-order valence-electron chi connectivity index (χ3n) is 1.86. The van der Waals surface area contributed by atoms with Crippen molar-refractivity contribution >= 4 is 47.5 Å². The molecule has 0 aromatic carbocycles. The Morgan fingerprint density at radius 1 is 0.824 bits per heavy atom. The van der Waals surface area contributed by atoms with Crippen molar-refractivity contribution in [3.8, 4) is 0 Å². The molecule has 0 saturated heterocycles. The Morgan fingerprint density at radius 3 is 1.41 bits per heavy atom. The molecule has 0 saturated carbocycles. The van der Waals surface area contributed by atoms with Crippen molar-refractivity contribution in [2.75, 3.05) is 5.88 Å².